The summed E-state index contributed by atoms with van der Waals surface area (Å²) >= 11 is 6.13. The van der Waals surface area contributed by atoms with Crippen molar-refractivity contribution in [2.45, 2.75) is 25.7 Å². The van der Waals surface area contributed by atoms with Crippen LogP contribution < -0.4 is 9.47 Å². The van der Waals surface area contributed by atoms with Crippen molar-refractivity contribution in [2.75, 3.05) is 13.2 Å². The predicted octanol–water partition coefficient (Wildman–Crippen LogP) is 5.32. The van der Waals surface area contributed by atoms with Gasteiger partial charge in [-0.25, -0.2) is 8.78 Å². The van der Waals surface area contributed by atoms with Crippen LogP contribution in [0.2, 0.25) is 5.02 Å². The maximum atomic E-state index is 14.3. The number of benzene rings is 2. The van der Waals surface area contributed by atoms with Gasteiger partial charge in [0.25, 0.3) is 0 Å². The molecule has 0 amide bonds. The van der Waals surface area contributed by atoms with E-state index in [0.717, 1.165) is 12.8 Å². The third-order valence-corrected chi connectivity index (χ3v) is 4.53. The van der Waals surface area contributed by atoms with E-state index in [1.807, 2.05) is 0 Å². The van der Waals surface area contributed by atoms with Gasteiger partial charge < -0.3 is 14.6 Å². The number of ether oxygens (including phenoxy) is 2. The largest absolute Gasteiger partial charge is 0.492 e. The van der Waals surface area contributed by atoms with E-state index in [4.69, 9.17) is 26.2 Å². The second-order valence-electron chi connectivity index (χ2n) is 6.51. The van der Waals surface area contributed by atoms with E-state index < -0.39 is 23.4 Å². The van der Waals surface area contributed by atoms with E-state index in [-0.39, 0.29) is 19.4 Å². The van der Waals surface area contributed by atoms with E-state index in [1.54, 1.807) is 18.2 Å². The van der Waals surface area contributed by atoms with Crippen LogP contribution in [-0.2, 0) is 4.79 Å². The Kier molecular flexibility index (Phi) is 6.16. The summed E-state index contributed by atoms with van der Waals surface area (Å²) in [4.78, 5) is 10.5. The molecule has 0 saturated heterocycles. The summed E-state index contributed by atoms with van der Waals surface area (Å²) in [6.45, 7) is 0.495. The molecule has 1 saturated carbocycles. The third-order valence-electron chi connectivity index (χ3n) is 4.22. The maximum absolute atomic E-state index is 14.3. The predicted molar refractivity (Wildman–Crippen MR) is 97.4 cm³/mol. The molecule has 1 aliphatic carbocycles. The first-order valence-corrected chi connectivity index (χ1v) is 9.08. The van der Waals surface area contributed by atoms with Gasteiger partial charge in [-0.05, 0) is 60.6 Å². The number of aliphatic carboxylic acids is 1. The quantitative estimate of drug-likeness (QED) is 0.583. The molecule has 0 radical (unpaired) electrons. The molecule has 2 aromatic carbocycles. The minimum absolute atomic E-state index is 0.0837. The lowest BCUT2D eigenvalue weighted by Gasteiger charge is -2.12. The van der Waals surface area contributed by atoms with Crippen LogP contribution in [0.4, 0.5) is 8.78 Å². The van der Waals surface area contributed by atoms with E-state index in [9.17, 15) is 13.6 Å². The summed E-state index contributed by atoms with van der Waals surface area (Å²) in [6, 6.07) is 7.29. The highest BCUT2D eigenvalue weighted by Crippen LogP contribution is 2.35. The molecule has 0 atom stereocenters. The molecular formula is C20H19ClF2O4. The minimum Gasteiger partial charge on any atom is -0.492 e. The highest BCUT2D eigenvalue weighted by atomic mass is 35.5. The van der Waals surface area contributed by atoms with Crippen LogP contribution >= 0.6 is 11.6 Å². The Morgan fingerprint density at radius 2 is 1.81 bits per heavy atom. The van der Waals surface area contributed by atoms with Gasteiger partial charge in [-0.1, -0.05) is 17.7 Å². The Morgan fingerprint density at radius 3 is 2.44 bits per heavy atom. The molecule has 3 rings (SSSR count). The fourth-order valence-electron chi connectivity index (χ4n) is 2.55. The summed E-state index contributed by atoms with van der Waals surface area (Å²) in [6.07, 6.45) is 2.31. The Balaban J connectivity index is 1.74. The number of carbonyl (C=O) groups is 1. The van der Waals surface area contributed by atoms with Crippen molar-refractivity contribution in [3.8, 4) is 22.6 Å². The van der Waals surface area contributed by atoms with Gasteiger partial charge in [0.05, 0.1) is 18.2 Å². The summed E-state index contributed by atoms with van der Waals surface area (Å²) in [5.41, 5.74) is 0.899. The Labute approximate surface area is 160 Å². The van der Waals surface area contributed by atoms with Crippen LogP contribution in [0.25, 0.3) is 11.1 Å². The second kappa shape index (κ2) is 8.57. The molecule has 0 aliphatic heterocycles. The molecule has 144 valence electrons. The summed E-state index contributed by atoms with van der Waals surface area (Å²) in [5.74, 6) is -2.17. The Morgan fingerprint density at radius 1 is 1.11 bits per heavy atom. The molecule has 4 nitrogen and oxygen atoms in total. The number of halogens is 3. The van der Waals surface area contributed by atoms with Crippen molar-refractivity contribution in [3.05, 3.63) is 47.0 Å². The average Bonchev–Trinajstić information content (AvgIpc) is 3.43. The fraction of sp³-hybridized carbons (Fsp3) is 0.350. The number of hydrogen-bond acceptors (Lipinski definition) is 3. The fourth-order valence-corrected chi connectivity index (χ4v) is 2.72. The molecule has 1 N–H and O–H groups in total. The molecular weight excluding hydrogens is 378 g/mol. The van der Waals surface area contributed by atoms with Crippen molar-refractivity contribution in [1.29, 1.82) is 0 Å². The van der Waals surface area contributed by atoms with Gasteiger partial charge in [-0.3, -0.25) is 4.79 Å². The minimum atomic E-state index is -0.989. The summed E-state index contributed by atoms with van der Waals surface area (Å²) < 4.78 is 39.3. The normalized spacial score (nSPS) is 13.4. The molecule has 0 aromatic heterocycles. The highest BCUT2D eigenvalue weighted by molar-refractivity contribution is 6.32. The van der Waals surface area contributed by atoms with Gasteiger partial charge in [0.1, 0.15) is 5.75 Å². The molecule has 0 unspecified atom stereocenters. The standard InChI is InChI=1S/C20H19ClF2O4/c21-15-6-5-13(10-18(15)27-11-12-3-4-12)14-8-16(22)20(17(23)9-14)26-7-1-2-19(24)25/h5-6,8-10,12H,1-4,7,11H2,(H,24,25). The third kappa shape index (κ3) is 5.32. The second-order valence-corrected chi connectivity index (χ2v) is 6.92. The SMILES string of the molecule is O=C(O)CCCOc1c(F)cc(-c2ccc(Cl)c(OCC3CC3)c2)cc1F. The molecule has 0 heterocycles. The average molecular weight is 397 g/mol. The van der Waals surface area contributed by atoms with Gasteiger partial charge in [-0.15, -0.1) is 0 Å². The highest BCUT2D eigenvalue weighted by Gasteiger charge is 2.22. The number of carboxylic acid groups (broad SMARTS) is 1. The Bertz CT molecular complexity index is 814. The first-order valence-electron chi connectivity index (χ1n) is 8.70. The zero-order valence-corrected chi connectivity index (χ0v) is 15.3. The van der Waals surface area contributed by atoms with Crippen LogP contribution in [0.15, 0.2) is 30.3 Å². The van der Waals surface area contributed by atoms with E-state index in [2.05, 4.69) is 0 Å². The lowest BCUT2D eigenvalue weighted by Crippen LogP contribution is -2.05. The van der Waals surface area contributed by atoms with Gasteiger partial charge in [0.15, 0.2) is 17.4 Å². The molecule has 2 aromatic rings. The number of carboxylic acids is 1. The smallest absolute Gasteiger partial charge is 0.303 e. The van der Waals surface area contributed by atoms with E-state index in [1.165, 1.54) is 12.1 Å². The van der Waals surface area contributed by atoms with Gasteiger partial charge in [-0.2, -0.15) is 0 Å². The van der Waals surface area contributed by atoms with Gasteiger partial charge >= 0.3 is 5.97 Å². The zero-order chi connectivity index (χ0) is 19.4. The Hall–Kier alpha value is -2.34. The lowest BCUT2D eigenvalue weighted by atomic mass is 10.0. The summed E-state index contributed by atoms with van der Waals surface area (Å²) in [5, 5.41) is 9.02. The first kappa shape index (κ1) is 19.4. The van der Waals surface area contributed by atoms with Gasteiger partial charge in [0.2, 0.25) is 0 Å². The lowest BCUT2D eigenvalue weighted by molar-refractivity contribution is -0.137. The van der Waals surface area contributed by atoms with Crippen LogP contribution in [0.1, 0.15) is 25.7 Å². The van der Waals surface area contributed by atoms with Crippen molar-refractivity contribution < 1.29 is 28.2 Å². The van der Waals surface area contributed by atoms with E-state index >= 15 is 0 Å². The molecule has 1 aliphatic rings. The van der Waals surface area contributed by atoms with Crippen molar-refractivity contribution in [2.24, 2.45) is 5.92 Å². The molecule has 1 fully saturated rings. The topological polar surface area (TPSA) is 55.8 Å². The van der Waals surface area contributed by atoms with Crippen LogP contribution in [-0.4, -0.2) is 24.3 Å². The van der Waals surface area contributed by atoms with E-state index in [0.29, 0.717) is 34.4 Å². The first-order chi connectivity index (χ1) is 12.9. The zero-order valence-electron chi connectivity index (χ0n) is 14.5. The van der Waals surface area contributed by atoms with Crippen molar-refractivity contribution >= 4 is 17.6 Å². The number of rotatable bonds is 9. The summed E-state index contributed by atoms with van der Waals surface area (Å²) in [7, 11) is 0. The molecule has 27 heavy (non-hydrogen) atoms. The van der Waals surface area contributed by atoms with Crippen molar-refractivity contribution in [1.82, 2.24) is 0 Å². The maximum Gasteiger partial charge on any atom is 0.303 e. The van der Waals surface area contributed by atoms with Crippen LogP contribution in [0.3, 0.4) is 0 Å². The van der Waals surface area contributed by atoms with Crippen LogP contribution in [0, 0.1) is 17.6 Å². The number of hydrogen-bond donors (Lipinski definition) is 1. The van der Waals surface area contributed by atoms with Gasteiger partial charge in [0, 0.05) is 6.42 Å². The molecule has 0 bridgehead atoms. The molecule has 7 heteroatoms. The van der Waals surface area contributed by atoms with Crippen LogP contribution in [0.5, 0.6) is 11.5 Å². The van der Waals surface area contributed by atoms with Crippen molar-refractivity contribution in [3.63, 3.8) is 0 Å². The monoisotopic (exact) mass is 396 g/mol. The molecule has 0 spiro atoms.